The van der Waals surface area contributed by atoms with Crippen LogP contribution in [0.5, 0.6) is 5.75 Å². The number of anilines is 3. The molecular weight excluding hydrogens is 457 g/mol. The van der Waals surface area contributed by atoms with E-state index in [1.54, 1.807) is 11.6 Å². The summed E-state index contributed by atoms with van der Waals surface area (Å²) in [5, 5.41) is 4.87. The van der Waals surface area contributed by atoms with Gasteiger partial charge < -0.3 is 25.6 Å². The highest BCUT2D eigenvalue weighted by Crippen LogP contribution is 2.35. The van der Waals surface area contributed by atoms with Gasteiger partial charge in [-0.25, -0.2) is 9.97 Å². The summed E-state index contributed by atoms with van der Waals surface area (Å²) in [7, 11) is 2.09. The minimum absolute atomic E-state index is 0.0347. The monoisotopic (exact) mass is 478 g/mol. The number of hydrogen-bond acceptors (Lipinski definition) is 8. The average Bonchev–Trinajstić information content (AvgIpc) is 3.23. The van der Waals surface area contributed by atoms with Gasteiger partial charge in [0.05, 0.1) is 11.4 Å². The molecule has 3 heterocycles. The van der Waals surface area contributed by atoms with E-state index in [-0.39, 0.29) is 11.3 Å². The van der Waals surface area contributed by atoms with E-state index in [2.05, 4.69) is 36.9 Å². The molecule has 0 saturated carbocycles. The van der Waals surface area contributed by atoms with Gasteiger partial charge in [0, 0.05) is 48.9 Å². The number of hydrogen-bond donors (Lipinski definition) is 2. The number of halogens is 3. The maximum absolute atomic E-state index is 12.8. The van der Waals surface area contributed by atoms with Crippen LogP contribution in [-0.2, 0) is 0 Å². The molecule has 0 atom stereocenters. The van der Waals surface area contributed by atoms with Crippen molar-refractivity contribution in [1.82, 2.24) is 14.9 Å². The number of pyridine rings is 1. The summed E-state index contributed by atoms with van der Waals surface area (Å²) < 4.78 is 42.3. The first kappa shape index (κ1) is 22.8. The Morgan fingerprint density at radius 1 is 1.18 bits per heavy atom. The van der Waals surface area contributed by atoms with E-state index in [0.29, 0.717) is 10.8 Å². The van der Waals surface area contributed by atoms with Gasteiger partial charge in [-0.3, -0.25) is 4.79 Å². The number of carbonyl (C=O) groups is 1. The maximum Gasteiger partial charge on any atom is 0.573 e. The number of piperazine rings is 1. The SMILES string of the molecule is CN1CCN(c2ccc(-c3csc(Nc4cc(C(N)=O)ccc4OC(F)(F)F)n3)cn2)CC1. The topological polar surface area (TPSA) is 96.6 Å². The predicted octanol–water partition coefficient (Wildman–Crippen LogP) is 3.70. The molecule has 1 aromatic carbocycles. The number of aromatic nitrogens is 2. The third-order valence-corrected chi connectivity index (χ3v) is 5.86. The summed E-state index contributed by atoms with van der Waals surface area (Å²) in [5.41, 5.74) is 6.60. The van der Waals surface area contributed by atoms with Crippen molar-refractivity contribution in [2.24, 2.45) is 5.73 Å². The van der Waals surface area contributed by atoms with E-state index >= 15 is 0 Å². The fraction of sp³-hybridized carbons (Fsp3) is 0.286. The van der Waals surface area contributed by atoms with Crippen molar-refractivity contribution in [1.29, 1.82) is 0 Å². The van der Waals surface area contributed by atoms with E-state index in [0.717, 1.165) is 49.7 Å². The molecule has 1 aliphatic heterocycles. The van der Waals surface area contributed by atoms with Crippen LogP contribution in [0, 0.1) is 0 Å². The lowest BCUT2D eigenvalue weighted by Crippen LogP contribution is -2.44. The van der Waals surface area contributed by atoms with Gasteiger partial charge in [0.25, 0.3) is 0 Å². The van der Waals surface area contributed by atoms with Crippen LogP contribution in [0.1, 0.15) is 10.4 Å². The van der Waals surface area contributed by atoms with E-state index in [4.69, 9.17) is 5.73 Å². The standard InChI is InChI=1S/C21H21F3N6O2S/c1-29-6-8-30(9-7-29)18-5-3-14(11-26-18)16-12-33-20(28-16)27-15-10-13(19(25)31)2-4-17(15)32-21(22,23)24/h2-5,10-12H,6-9H2,1H3,(H2,25,31)(H,27,28). The van der Waals surface area contributed by atoms with Crippen LogP contribution in [0.25, 0.3) is 11.3 Å². The van der Waals surface area contributed by atoms with Crippen molar-refractivity contribution in [2.45, 2.75) is 6.36 Å². The Balaban J connectivity index is 1.52. The fourth-order valence-corrected chi connectivity index (χ4v) is 4.07. The fourth-order valence-electron chi connectivity index (χ4n) is 3.33. The van der Waals surface area contributed by atoms with Crippen LogP contribution >= 0.6 is 11.3 Å². The van der Waals surface area contributed by atoms with Crippen LogP contribution < -0.4 is 20.7 Å². The molecule has 1 saturated heterocycles. The Labute approximate surface area is 191 Å². The van der Waals surface area contributed by atoms with Crippen molar-refractivity contribution < 1.29 is 22.7 Å². The Hall–Kier alpha value is -3.38. The molecule has 1 amide bonds. The summed E-state index contributed by atoms with van der Waals surface area (Å²) in [6, 6.07) is 7.22. The van der Waals surface area contributed by atoms with Gasteiger partial charge in [-0.2, -0.15) is 0 Å². The molecule has 8 nitrogen and oxygen atoms in total. The highest BCUT2D eigenvalue weighted by Gasteiger charge is 2.32. The quantitative estimate of drug-likeness (QED) is 0.558. The molecule has 0 unspecified atom stereocenters. The zero-order valence-electron chi connectivity index (χ0n) is 17.6. The lowest BCUT2D eigenvalue weighted by atomic mass is 10.2. The number of rotatable bonds is 6. The molecule has 3 N–H and O–H groups in total. The number of ether oxygens (including phenoxy) is 1. The van der Waals surface area contributed by atoms with E-state index in [9.17, 15) is 18.0 Å². The van der Waals surface area contributed by atoms with Crippen LogP contribution in [0.4, 0.5) is 29.8 Å². The van der Waals surface area contributed by atoms with E-state index < -0.39 is 18.0 Å². The molecule has 0 aliphatic carbocycles. The number of nitrogens with zero attached hydrogens (tertiary/aromatic N) is 4. The highest BCUT2D eigenvalue weighted by atomic mass is 32.1. The van der Waals surface area contributed by atoms with Gasteiger partial charge in [0.1, 0.15) is 5.82 Å². The van der Waals surface area contributed by atoms with Crippen molar-refractivity contribution >= 4 is 33.9 Å². The number of carbonyl (C=O) groups excluding carboxylic acids is 1. The molecule has 174 valence electrons. The third-order valence-electron chi connectivity index (χ3n) is 5.11. The van der Waals surface area contributed by atoms with Gasteiger partial charge in [0.15, 0.2) is 10.9 Å². The molecule has 1 fully saturated rings. The molecule has 0 spiro atoms. The second kappa shape index (κ2) is 9.24. The second-order valence-electron chi connectivity index (χ2n) is 7.48. The Kier molecular flexibility index (Phi) is 6.38. The summed E-state index contributed by atoms with van der Waals surface area (Å²) >= 11 is 1.19. The molecule has 33 heavy (non-hydrogen) atoms. The minimum Gasteiger partial charge on any atom is -0.404 e. The normalized spacial score (nSPS) is 14.8. The van der Waals surface area contributed by atoms with E-state index in [1.807, 2.05) is 12.1 Å². The van der Waals surface area contributed by atoms with E-state index in [1.165, 1.54) is 17.4 Å². The Morgan fingerprint density at radius 3 is 2.58 bits per heavy atom. The Morgan fingerprint density at radius 2 is 1.94 bits per heavy atom. The number of nitrogens with one attached hydrogen (secondary N) is 1. The average molecular weight is 479 g/mol. The van der Waals surface area contributed by atoms with Crippen LogP contribution in [0.3, 0.4) is 0 Å². The number of thiazole rings is 1. The highest BCUT2D eigenvalue weighted by molar-refractivity contribution is 7.14. The lowest BCUT2D eigenvalue weighted by molar-refractivity contribution is -0.274. The summed E-state index contributed by atoms with van der Waals surface area (Å²) in [5.74, 6) is -0.386. The van der Waals surface area contributed by atoms with Crippen molar-refractivity contribution in [3.8, 4) is 17.0 Å². The van der Waals surface area contributed by atoms with Gasteiger partial charge in [0.2, 0.25) is 5.91 Å². The molecule has 4 rings (SSSR count). The summed E-state index contributed by atoms with van der Waals surface area (Å²) in [6.45, 7) is 3.75. The van der Waals surface area contributed by atoms with Gasteiger partial charge >= 0.3 is 6.36 Å². The number of benzene rings is 1. The van der Waals surface area contributed by atoms with Crippen molar-refractivity contribution in [2.75, 3.05) is 43.4 Å². The molecule has 12 heteroatoms. The number of alkyl halides is 3. The number of nitrogens with two attached hydrogens (primary N) is 1. The Bertz CT molecular complexity index is 1130. The second-order valence-corrected chi connectivity index (χ2v) is 8.34. The number of amides is 1. The first-order valence-electron chi connectivity index (χ1n) is 10.00. The zero-order chi connectivity index (χ0) is 23.6. The molecule has 1 aliphatic rings. The molecule has 0 bridgehead atoms. The molecule has 2 aromatic heterocycles. The third kappa shape index (κ3) is 5.71. The minimum atomic E-state index is -4.89. The molecular formula is C21H21F3N6O2S. The van der Waals surface area contributed by atoms with Crippen molar-refractivity contribution in [3.05, 3.63) is 47.5 Å². The number of primary amides is 1. The van der Waals surface area contributed by atoms with Crippen LogP contribution in [-0.4, -0.2) is 60.4 Å². The summed E-state index contributed by atoms with van der Waals surface area (Å²) in [4.78, 5) is 24.9. The molecule has 0 radical (unpaired) electrons. The van der Waals surface area contributed by atoms with Gasteiger partial charge in [-0.15, -0.1) is 24.5 Å². The maximum atomic E-state index is 12.8. The zero-order valence-corrected chi connectivity index (χ0v) is 18.4. The van der Waals surface area contributed by atoms with Gasteiger partial charge in [-0.1, -0.05) is 0 Å². The smallest absolute Gasteiger partial charge is 0.404 e. The first-order valence-corrected chi connectivity index (χ1v) is 10.9. The van der Waals surface area contributed by atoms with Gasteiger partial charge in [-0.05, 0) is 37.4 Å². The molecule has 3 aromatic rings. The first-order chi connectivity index (χ1) is 15.7. The van der Waals surface area contributed by atoms with Crippen LogP contribution in [0.15, 0.2) is 41.9 Å². The largest absolute Gasteiger partial charge is 0.573 e. The van der Waals surface area contributed by atoms with Crippen molar-refractivity contribution in [3.63, 3.8) is 0 Å². The summed E-state index contributed by atoms with van der Waals surface area (Å²) in [6.07, 6.45) is -3.17. The lowest BCUT2D eigenvalue weighted by Gasteiger charge is -2.33. The predicted molar refractivity (Wildman–Crippen MR) is 120 cm³/mol. The van der Waals surface area contributed by atoms with Crippen LogP contribution in [0.2, 0.25) is 0 Å². The number of likely N-dealkylation sites (N-methyl/N-ethyl adjacent to an activating group) is 1.